The zero-order valence-electron chi connectivity index (χ0n) is 35.4. The summed E-state index contributed by atoms with van der Waals surface area (Å²) in [5, 5.41) is 22.0. The summed E-state index contributed by atoms with van der Waals surface area (Å²) in [5.74, 6) is -0.134. The van der Waals surface area contributed by atoms with Gasteiger partial charge in [-0.2, -0.15) is 0 Å². The fourth-order valence-electron chi connectivity index (χ4n) is 13.1. The molecule has 0 aliphatic heterocycles. The van der Waals surface area contributed by atoms with Crippen molar-refractivity contribution in [3.05, 3.63) is 11.1 Å². The van der Waals surface area contributed by atoms with Gasteiger partial charge in [-0.05, 0) is 125 Å². The number of allylic oxidation sites excluding steroid dienone is 1. The standard InChI is InChI=1S/C44H72N2O7/c1-26(2)36-29(47)22-44(32(48)24-46(27(3)4)25-34(49)45(12)13)21-20-42(10)28(37(36)44)14-15-31-41(9)18-17-33(53-35(50)23-39(5,6)38(51)52)40(7,8)30(41)16-19-43(31,42)11/h26-28,30-33,48H,14-25H2,1-13H3,(H,51,52). The monoisotopic (exact) mass is 741 g/mol. The summed E-state index contributed by atoms with van der Waals surface area (Å²) < 4.78 is 6.16. The first-order valence-electron chi connectivity index (χ1n) is 20.6. The van der Waals surface area contributed by atoms with Gasteiger partial charge in [0.25, 0.3) is 0 Å². The second-order valence-corrected chi connectivity index (χ2v) is 20.9. The van der Waals surface area contributed by atoms with E-state index in [9.17, 15) is 29.4 Å². The largest absolute Gasteiger partial charge is 0.481 e. The third-order valence-corrected chi connectivity index (χ3v) is 16.5. The van der Waals surface area contributed by atoms with E-state index < -0.39 is 28.9 Å². The van der Waals surface area contributed by atoms with Crippen molar-refractivity contribution in [1.29, 1.82) is 0 Å². The molecule has 5 aliphatic rings. The Bertz CT molecular complexity index is 1510. The van der Waals surface area contributed by atoms with Crippen molar-refractivity contribution in [2.75, 3.05) is 27.2 Å². The quantitative estimate of drug-likeness (QED) is 0.208. The molecule has 0 aromatic heterocycles. The Morgan fingerprint density at radius 2 is 1.53 bits per heavy atom. The van der Waals surface area contributed by atoms with Crippen LogP contribution in [0.15, 0.2) is 11.1 Å². The fraction of sp³-hybridized carbons (Fsp3) is 0.864. The number of aliphatic carboxylic acids is 1. The smallest absolute Gasteiger partial charge is 0.309 e. The molecule has 5 rings (SSSR count). The number of carboxylic acid groups (broad SMARTS) is 1. The number of hydrogen-bond donors (Lipinski definition) is 2. The van der Waals surface area contributed by atoms with Crippen LogP contribution in [0.5, 0.6) is 0 Å². The lowest BCUT2D eigenvalue weighted by atomic mass is 9.33. The van der Waals surface area contributed by atoms with Gasteiger partial charge in [0.1, 0.15) is 6.10 Å². The molecule has 4 saturated carbocycles. The lowest BCUT2D eigenvalue weighted by Crippen LogP contribution is -2.66. The van der Waals surface area contributed by atoms with Gasteiger partial charge in [-0.25, -0.2) is 0 Å². The molecule has 0 aromatic rings. The zero-order chi connectivity index (χ0) is 39.9. The van der Waals surface area contributed by atoms with Gasteiger partial charge in [-0.1, -0.05) is 54.0 Å². The molecule has 0 heterocycles. The number of likely N-dealkylation sites (N-methyl/N-ethyl adjacent to an activating group) is 1. The highest BCUT2D eigenvalue weighted by Crippen LogP contribution is 2.77. The number of aliphatic hydroxyl groups is 1. The number of carbonyl (C=O) groups is 4. The average Bonchev–Trinajstić information content (AvgIpc) is 3.35. The molecule has 9 heteroatoms. The molecule has 9 unspecified atom stereocenters. The van der Waals surface area contributed by atoms with Gasteiger partial charge >= 0.3 is 11.9 Å². The van der Waals surface area contributed by atoms with Gasteiger partial charge in [0.05, 0.1) is 24.5 Å². The summed E-state index contributed by atoms with van der Waals surface area (Å²) in [7, 11) is 3.53. The molecule has 5 aliphatic carbocycles. The molecule has 2 N–H and O–H groups in total. The van der Waals surface area contributed by atoms with Crippen molar-refractivity contribution in [1.82, 2.24) is 9.80 Å². The van der Waals surface area contributed by atoms with Crippen LogP contribution in [0, 0.1) is 56.2 Å². The number of ketones is 1. The number of carboxylic acids is 1. The lowest BCUT2D eigenvalue weighted by molar-refractivity contribution is -0.235. The number of fused-ring (bicyclic) bond motifs is 7. The normalized spacial score (nSPS) is 37.2. The van der Waals surface area contributed by atoms with E-state index in [0.717, 1.165) is 56.9 Å². The first-order valence-corrected chi connectivity index (χ1v) is 20.6. The first kappa shape index (κ1) is 41.9. The molecule has 4 fully saturated rings. The van der Waals surface area contributed by atoms with Crippen LogP contribution in [0.2, 0.25) is 0 Å². The number of esters is 1. The van der Waals surface area contributed by atoms with Crippen LogP contribution in [-0.4, -0.2) is 89.1 Å². The van der Waals surface area contributed by atoms with E-state index in [1.807, 2.05) is 0 Å². The van der Waals surface area contributed by atoms with Crippen LogP contribution < -0.4 is 0 Å². The minimum Gasteiger partial charge on any atom is -0.481 e. The Kier molecular flexibility index (Phi) is 11.1. The number of hydrogen-bond acceptors (Lipinski definition) is 7. The van der Waals surface area contributed by atoms with Gasteiger partial charge in [0, 0.05) is 43.9 Å². The first-order chi connectivity index (χ1) is 24.3. The second-order valence-electron chi connectivity index (χ2n) is 20.9. The molecule has 53 heavy (non-hydrogen) atoms. The van der Waals surface area contributed by atoms with Gasteiger partial charge in [-0.3, -0.25) is 24.1 Å². The molecule has 0 aromatic carbocycles. The molecule has 300 valence electrons. The topological polar surface area (TPSA) is 124 Å². The predicted molar refractivity (Wildman–Crippen MR) is 207 cm³/mol. The number of Topliss-reactive ketones (excluding diaryl/α,β-unsaturated/α-hetero) is 1. The number of amides is 1. The third kappa shape index (κ3) is 6.63. The number of carbonyl (C=O) groups excluding carboxylic acids is 3. The van der Waals surface area contributed by atoms with Crippen molar-refractivity contribution in [3.8, 4) is 0 Å². The summed E-state index contributed by atoms with van der Waals surface area (Å²) in [6.45, 7) is 24.2. The van der Waals surface area contributed by atoms with E-state index in [-0.39, 0.29) is 70.3 Å². The molecule has 1 amide bonds. The van der Waals surface area contributed by atoms with Gasteiger partial charge in [-0.15, -0.1) is 0 Å². The molecule has 0 radical (unpaired) electrons. The molecule has 9 nitrogen and oxygen atoms in total. The summed E-state index contributed by atoms with van der Waals surface area (Å²) in [4.78, 5) is 55.5. The van der Waals surface area contributed by atoms with Crippen LogP contribution in [0.25, 0.3) is 0 Å². The SMILES string of the molecule is CC(C)C1=C2C3CCC4C5(C)CCC(OC(=O)CC(C)(C)C(=O)O)C(C)(C)C5CCC4(C)C3(C)CCC2(C(O)CN(CC(=O)N(C)C)C(C)C)CC1=O. The van der Waals surface area contributed by atoms with Crippen molar-refractivity contribution in [2.24, 2.45) is 56.2 Å². The Labute approximate surface area is 320 Å². The van der Waals surface area contributed by atoms with Crippen LogP contribution in [0.4, 0.5) is 0 Å². The number of rotatable bonds is 11. The summed E-state index contributed by atoms with van der Waals surface area (Å²) in [6.07, 6.45) is 6.78. The summed E-state index contributed by atoms with van der Waals surface area (Å²) >= 11 is 0. The third-order valence-electron chi connectivity index (χ3n) is 16.5. The Morgan fingerprint density at radius 1 is 0.887 bits per heavy atom. The summed E-state index contributed by atoms with van der Waals surface area (Å²) in [6, 6.07) is 0.0673. The van der Waals surface area contributed by atoms with E-state index in [4.69, 9.17) is 4.74 Å². The van der Waals surface area contributed by atoms with E-state index in [1.54, 1.807) is 32.8 Å². The van der Waals surface area contributed by atoms with Crippen LogP contribution >= 0.6 is 0 Å². The second kappa shape index (κ2) is 14.0. The Morgan fingerprint density at radius 3 is 2.09 bits per heavy atom. The van der Waals surface area contributed by atoms with Crippen molar-refractivity contribution in [2.45, 2.75) is 159 Å². The van der Waals surface area contributed by atoms with E-state index >= 15 is 0 Å². The minimum absolute atomic E-state index is 0.00797. The van der Waals surface area contributed by atoms with Crippen LogP contribution in [-0.2, 0) is 23.9 Å². The molecular weight excluding hydrogens is 668 g/mol. The Balaban J connectivity index is 1.46. The van der Waals surface area contributed by atoms with Crippen LogP contribution in [0.1, 0.15) is 140 Å². The van der Waals surface area contributed by atoms with E-state index in [2.05, 4.69) is 67.2 Å². The maximum atomic E-state index is 14.1. The maximum Gasteiger partial charge on any atom is 0.309 e. The molecule has 0 bridgehead atoms. The highest BCUT2D eigenvalue weighted by Gasteiger charge is 2.71. The van der Waals surface area contributed by atoms with Gasteiger partial charge in [0.15, 0.2) is 5.78 Å². The number of aliphatic hydroxyl groups excluding tert-OH is 1. The minimum atomic E-state index is -1.17. The van der Waals surface area contributed by atoms with Crippen molar-refractivity contribution in [3.63, 3.8) is 0 Å². The van der Waals surface area contributed by atoms with Gasteiger partial charge < -0.3 is 19.8 Å². The van der Waals surface area contributed by atoms with E-state index in [1.165, 1.54) is 5.57 Å². The van der Waals surface area contributed by atoms with Crippen molar-refractivity contribution >= 4 is 23.6 Å². The molecule has 0 spiro atoms. The summed E-state index contributed by atoms with van der Waals surface area (Å²) in [5.41, 5.74) is 0.159. The number of nitrogens with zero attached hydrogens (tertiary/aromatic N) is 2. The maximum absolute atomic E-state index is 14.1. The Hall–Kier alpha value is -2.26. The molecule has 9 atom stereocenters. The predicted octanol–water partition coefficient (Wildman–Crippen LogP) is 7.54. The highest BCUT2D eigenvalue weighted by molar-refractivity contribution is 6.00. The molecular formula is C44H72N2O7. The zero-order valence-corrected chi connectivity index (χ0v) is 35.4. The van der Waals surface area contributed by atoms with Crippen molar-refractivity contribution < 1.29 is 34.1 Å². The van der Waals surface area contributed by atoms with Gasteiger partial charge in [0.2, 0.25) is 5.91 Å². The highest BCUT2D eigenvalue weighted by atomic mass is 16.5. The fourth-order valence-corrected chi connectivity index (χ4v) is 13.1. The number of ether oxygens (including phenoxy) is 1. The molecule has 0 saturated heterocycles. The lowest BCUT2D eigenvalue weighted by Gasteiger charge is -2.72. The van der Waals surface area contributed by atoms with Crippen LogP contribution in [0.3, 0.4) is 0 Å². The van der Waals surface area contributed by atoms with E-state index in [0.29, 0.717) is 24.8 Å². The average molecular weight is 741 g/mol.